The van der Waals surface area contributed by atoms with Gasteiger partial charge in [0.05, 0.1) is 34.6 Å². The van der Waals surface area contributed by atoms with Gasteiger partial charge in [0.1, 0.15) is 5.56 Å². The number of hydrogen-bond acceptors (Lipinski definition) is 7. The summed E-state index contributed by atoms with van der Waals surface area (Å²) in [5, 5.41) is 9.67. The zero-order valence-electron chi connectivity index (χ0n) is 26.1. The molecule has 0 spiro atoms. The number of benzene rings is 2. The fraction of sp³-hybridized carbons (Fsp3) is 0.265. The quantitative estimate of drug-likeness (QED) is 0.252. The predicted molar refractivity (Wildman–Crippen MR) is 181 cm³/mol. The number of nitrogens with zero attached hydrogens (tertiary/aromatic N) is 3. The SMILES string of the molecule is COc1nc(-c2cccc(-c3cccc(NC(=O)c4cn(C)c(=O)n(C)c4=O)c3Cl)c2Cl)cc2c1[C@@H](N/C=C1/CCC(=O)N1)[C@H](C)C2. The van der Waals surface area contributed by atoms with Crippen LogP contribution >= 0.6 is 23.2 Å². The van der Waals surface area contributed by atoms with Crippen molar-refractivity contribution in [3.8, 4) is 28.3 Å². The first-order chi connectivity index (χ1) is 22.5. The van der Waals surface area contributed by atoms with Crippen LogP contribution in [0.2, 0.25) is 10.0 Å². The number of allylic oxidation sites excluding steroid dienone is 1. The van der Waals surface area contributed by atoms with E-state index < -0.39 is 17.2 Å². The number of carbonyl (C=O) groups is 2. The van der Waals surface area contributed by atoms with Crippen molar-refractivity contribution >= 4 is 40.7 Å². The molecule has 3 N–H and O–H groups in total. The Morgan fingerprint density at radius 1 is 1.04 bits per heavy atom. The van der Waals surface area contributed by atoms with Gasteiger partial charge in [-0.15, -0.1) is 0 Å². The molecule has 2 aromatic carbocycles. The summed E-state index contributed by atoms with van der Waals surface area (Å²) in [7, 11) is 4.35. The highest BCUT2D eigenvalue weighted by molar-refractivity contribution is 6.39. The van der Waals surface area contributed by atoms with Crippen molar-refractivity contribution in [2.75, 3.05) is 12.4 Å². The molecule has 0 saturated carbocycles. The highest BCUT2D eigenvalue weighted by atomic mass is 35.5. The van der Waals surface area contributed by atoms with Crippen molar-refractivity contribution in [3.63, 3.8) is 0 Å². The van der Waals surface area contributed by atoms with Crippen LogP contribution in [-0.2, 0) is 25.3 Å². The van der Waals surface area contributed by atoms with E-state index in [1.807, 2.05) is 30.5 Å². The maximum Gasteiger partial charge on any atom is 0.330 e. The highest BCUT2D eigenvalue weighted by Gasteiger charge is 2.34. The lowest BCUT2D eigenvalue weighted by atomic mass is 9.99. The van der Waals surface area contributed by atoms with Crippen LogP contribution in [0.4, 0.5) is 5.69 Å². The molecule has 2 aliphatic rings. The van der Waals surface area contributed by atoms with Crippen LogP contribution in [0.5, 0.6) is 5.88 Å². The Morgan fingerprint density at radius 2 is 1.74 bits per heavy atom. The van der Waals surface area contributed by atoms with Gasteiger partial charge in [-0.2, -0.15) is 0 Å². The van der Waals surface area contributed by atoms with Crippen molar-refractivity contribution in [2.24, 2.45) is 20.0 Å². The Bertz CT molecular complexity index is 2100. The van der Waals surface area contributed by atoms with E-state index in [9.17, 15) is 19.2 Å². The van der Waals surface area contributed by atoms with E-state index in [0.717, 1.165) is 32.4 Å². The van der Waals surface area contributed by atoms with Gasteiger partial charge in [0, 0.05) is 60.9 Å². The molecule has 13 heteroatoms. The Balaban J connectivity index is 1.33. The van der Waals surface area contributed by atoms with Crippen LogP contribution in [0.1, 0.15) is 47.3 Å². The number of amides is 2. The Morgan fingerprint density at radius 3 is 2.45 bits per heavy atom. The van der Waals surface area contributed by atoms with Gasteiger partial charge in [-0.1, -0.05) is 60.5 Å². The zero-order valence-corrected chi connectivity index (χ0v) is 27.6. The molecule has 6 rings (SSSR count). The Hall–Kier alpha value is -4.87. The second-order valence-electron chi connectivity index (χ2n) is 11.7. The molecule has 242 valence electrons. The minimum Gasteiger partial charge on any atom is -0.481 e. The van der Waals surface area contributed by atoms with E-state index in [1.165, 1.54) is 20.3 Å². The Kier molecular flexibility index (Phi) is 8.69. The Labute approximate surface area is 280 Å². The van der Waals surface area contributed by atoms with E-state index in [1.54, 1.807) is 25.3 Å². The fourth-order valence-electron chi connectivity index (χ4n) is 6.15. The molecule has 2 atom stereocenters. The van der Waals surface area contributed by atoms with Crippen molar-refractivity contribution in [3.05, 3.63) is 108 Å². The van der Waals surface area contributed by atoms with Gasteiger partial charge in [0.15, 0.2) is 0 Å². The first-order valence-electron chi connectivity index (χ1n) is 15.0. The smallest absolute Gasteiger partial charge is 0.330 e. The second-order valence-corrected chi connectivity index (χ2v) is 12.5. The first-order valence-corrected chi connectivity index (χ1v) is 15.7. The number of carbonyl (C=O) groups excluding carboxylic acids is 2. The zero-order chi connectivity index (χ0) is 33.6. The van der Waals surface area contributed by atoms with Gasteiger partial charge in [-0.25, -0.2) is 9.78 Å². The van der Waals surface area contributed by atoms with Crippen LogP contribution in [-0.4, -0.2) is 33.0 Å². The van der Waals surface area contributed by atoms with Gasteiger partial charge in [-0.05, 0) is 36.5 Å². The van der Waals surface area contributed by atoms with E-state index >= 15 is 0 Å². The number of aryl methyl sites for hydroxylation is 1. The van der Waals surface area contributed by atoms with Crippen molar-refractivity contribution in [1.82, 2.24) is 24.8 Å². The summed E-state index contributed by atoms with van der Waals surface area (Å²) < 4.78 is 7.82. The predicted octanol–water partition coefficient (Wildman–Crippen LogP) is 4.96. The molecule has 2 aromatic heterocycles. The van der Waals surface area contributed by atoms with Gasteiger partial charge < -0.3 is 25.3 Å². The summed E-state index contributed by atoms with van der Waals surface area (Å²) in [6.07, 6.45) is 5.02. The lowest BCUT2D eigenvalue weighted by Crippen LogP contribution is -2.40. The lowest BCUT2D eigenvalue weighted by molar-refractivity contribution is -0.118. The summed E-state index contributed by atoms with van der Waals surface area (Å²) >= 11 is 13.9. The molecular formula is C34H32Cl2N6O5. The average Bonchev–Trinajstić information content (AvgIpc) is 3.62. The average molecular weight is 676 g/mol. The van der Waals surface area contributed by atoms with Gasteiger partial charge >= 0.3 is 5.69 Å². The number of anilines is 1. The molecule has 3 heterocycles. The third kappa shape index (κ3) is 5.92. The van der Waals surface area contributed by atoms with Crippen LogP contribution in [0.15, 0.2) is 70.1 Å². The number of fused-ring (bicyclic) bond motifs is 1. The number of halogens is 2. The number of nitrogens with one attached hydrogen (secondary N) is 3. The monoisotopic (exact) mass is 674 g/mol. The molecule has 1 aliphatic heterocycles. The minimum absolute atomic E-state index is 0.0204. The third-order valence-corrected chi connectivity index (χ3v) is 9.40. The maximum absolute atomic E-state index is 13.1. The molecule has 0 bridgehead atoms. The number of rotatable bonds is 7. The van der Waals surface area contributed by atoms with Crippen molar-refractivity contribution in [2.45, 2.75) is 32.2 Å². The molecule has 0 unspecified atom stereocenters. The minimum atomic E-state index is -0.721. The second kappa shape index (κ2) is 12.7. The van der Waals surface area contributed by atoms with E-state index in [2.05, 4.69) is 22.9 Å². The molecular weight excluding hydrogens is 643 g/mol. The van der Waals surface area contributed by atoms with Crippen LogP contribution < -0.4 is 31.9 Å². The molecule has 0 radical (unpaired) electrons. The number of aromatic nitrogens is 3. The number of ether oxygens (including phenoxy) is 1. The lowest BCUT2D eigenvalue weighted by Gasteiger charge is -2.20. The largest absolute Gasteiger partial charge is 0.481 e. The van der Waals surface area contributed by atoms with Crippen LogP contribution in [0.3, 0.4) is 0 Å². The molecule has 1 fully saturated rings. The summed E-state index contributed by atoms with van der Waals surface area (Å²) in [4.78, 5) is 54.3. The van der Waals surface area contributed by atoms with E-state index in [0.29, 0.717) is 46.1 Å². The summed E-state index contributed by atoms with van der Waals surface area (Å²) in [5.41, 5.74) is 4.18. The van der Waals surface area contributed by atoms with Crippen molar-refractivity contribution in [1.29, 1.82) is 0 Å². The molecule has 4 aromatic rings. The topological polar surface area (TPSA) is 136 Å². The normalized spacial score (nSPS) is 17.8. The van der Waals surface area contributed by atoms with Gasteiger partial charge in [0.25, 0.3) is 11.5 Å². The van der Waals surface area contributed by atoms with Crippen LogP contribution in [0.25, 0.3) is 22.4 Å². The maximum atomic E-state index is 13.1. The molecule has 47 heavy (non-hydrogen) atoms. The summed E-state index contributed by atoms with van der Waals surface area (Å²) in [6.45, 7) is 2.15. The van der Waals surface area contributed by atoms with Crippen LogP contribution in [0, 0.1) is 5.92 Å². The molecule has 2 amide bonds. The molecule has 1 aliphatic carbocycles. The van der Waals surface area contributed by atoms with Gasteiger partial charge in [-0.3, -0.25) is 19.0 Å². The summed E-state index contributed by atoms with van der Waals surface area (Å²) in [5.74, 6) is 0.0409. The number of hydrogen-bond donors (Lipinski definition) is 3. The molecule has 11 nitrogen and oxygen atoms in total. The van der Waals surface area contributed by atoms with Gasteiger partial charge in [0.2, 0.25) is 11.8 Å². The number of methoxy groups -OCH3 is 1. The molecule has 1 saturated heterocycles. The highest BCUT2D eigenvalue weighted by Crippen LogP contribution is 2.45. The number of pyridine rings is 1. The fourth-order valence-corrected chi connectivity index (χ4v) is 6.75. The van der Waals surface area contributed by atoms with E-state index in [4.69, 9.17) is 32.9 Å². The standard InChI is InChI=1S/C34H32Cl2N6O5/c1-17-13-18-14-25(40-32(47-4)27(18)30(17)37-15-19-11-12-26(43)38-19)22-9-5-7-20(28(22)35)21-8-6-10-24(29(21)36)39-31(44)23-16-41(2)34(46)42(3)33(23)45/h5-10,14-17,30,37H,11-13H2,1-4H3,(H,38,43)(H,39,44)/b19-15-/t17-,30+/m1/s1. The van der Waals surface area contributed by atoms with Crippen molar-refractivity contribution < 1.29 is 14.3 Å². The summed E-state index contributed by atoms with van der Waals surface area (Å²) in [6, 6.07) is 12.6. The van der Waals surface area contributed by atoms with E-state index in [-0.39, 0.29) is 34.1 Å². The third-order valence-electron chi connectivity index (χ3n) is 8.59. The first kappa shape index (κ1) is 32.1.